The van der Waals surface area contributed by atoms with Crippen LogP contribution in [0.1, 0.15) is 91.9 Å². The van der Waals surface area contributed by atoms with E-state index in [9.17, 15) is 14.4 Å². The van der Waals surface area contributed by atoms with Crippen LogP contribution >= 0.6 is 23.2 Å². The van der Waals surface area contributed by atoms with Crippen LogP contribution in [0.4, 0.5) is 5.69 Å². The Kier molecular flexibility index (Phi) is 10.2. The van der Waals surface area contributed by atoms with Crippen LogP contribution in [-0.2, 0) is 23.7 Å². The number of nitrogens with one attached hydrogen (secondary N) is 3. The Morgan fingerprint density at radius 3 is 2.21 bits per heavy atom. The fraction of sp³-hybridized carbons (Fsp3) is 0.455. The molecule has 230 valence electrons. The maximum Gasteiger partial charge on any atom is 0.269 e. The number of halogens is 2. The predicted octanol–water partition coefficient (Wildman–Crippen LogP) is 6.70. The smallest absolute Gasteiger partial charge is 0.269 e. The number of hydrogen-bond acceptors (Lipinski definition) is 4. The van der Waals surface area contributed by atoms with Gasteiger partial charge in [-0.1, -0.05) is 75.0 Å². The number of nitrogens with zero attached hydrogens (tertiary/aromatic N) is 2. The highest BCUT2D eigenvalue weighted by Gasteiger charge is 2.41. The first kappa shape index (κ1) is 32.6. The molecule has 0 spiro atoms. The Bertz CT molecular complexity index is 1450. The molecule has 2 aromatic carbocycles. The Balaban J connectivity index is 1.30. The summed E-state index contributed by atoms with van der Waals surface area (Å²) in [6.07, 6.45) is 4.85. The van der Waals surface area contributed by atoms with Gasteiger partial charge in [0.15, 0.2) is 0 Å². The summed E-state index contributed by atoms with van der Waals surface area (Å²) in [4.78, 5) is 39.1. The van der Waals surface area contributed by atoms with Gasteiger partial charge in [-0.05, 0) is 68.5 Å². The lowest BCUT2D eigenvalue weighted by Gasteiger charge is -2.29. The third-order valence-corrected chi connectivity index (χ3v) is 8.76. The number of aryl methyl sites for hydroxylation is 1. The first-order valence-electron chi connectivity index (χ1n) is 14.8. The van der Waals surface area contributed by atoms with Crippen molar-refractivity contribution in [3.63, 3.8) is 0 Å². The lowest BCUT2D eigenvalue weighted by molar-refractivity contribution is -0.131. The second-order valence-corrected chi connectivity index (χ2v) is 13.4. The third kappa shape index (κ3) is 7.98. The van der Waals surface area contributed by atoms with Crippen LogP contribution < -0.4 is 16.0 Å². The summed E-state index contributed by atoms with van der Waals surface area (Å²) < 4.78 is 1.62. The normalized spacial score (nSPS) is 15.1. The van der Waals surface area contributed by atoms with Gasteiger partial charge in [0, 0.05) is 30.7 Å². The highest BCUT2D eigenvalue weighted by molar-refractivity contribution is 6.40. The number of rotatable bonds is 10. The Morgan fingerprint density at radius 1 is 1.00 bits per heavy atom. The molecule has 3 amide bonds. The maximum absolute atomic E-state index is 13.5. The fourth-order valence-corrected chi connectivity index (χ4v) is 6.18. The number of aromatic nitrogens is 2. The van der Waals surface area contributed by atoms with Crippen molar-refractivity contribution in [2.45, 2.75) is 77.7 Å². The Morgan fingerprint density at radius 2 is 1.63 bits per heavy atom. The van der Waals surface area contributed by atoms with Crippen molar-refractivity contribution in [2.75, 3.05) is 11.9 Å². The zero-order valence-electron chi connectivity index (χ0n) is 25.5. The number of amides is 3. The molecule has 3 N–H and O–H groups in total. The van der Waals surface area contributed by atoms with E-state index in [-0.39, 0.29) is 44.8 Å². The molecule has 0 bridgehead atoms. The number of carbonyl (C=O) groups is 3. The van der Waals surface area contributed by atoms with Crippen molar-refractivity contribution in [3.05, 3.63) is 81.1 Å². The molecule has 4 rings (SSSR count). The fourth-order valence-electron chi connectivity index (χ4n) is 5.61. The first-order valence-corrected chi connectivity index (χ1v) is 15.5. The zero-order valence-corrected chi connectivity index (χ0v) is 27.0. The van der Waals surface area contributed by atoms with Crippen molar-refractivity contribution in [1.29, 1.82) is 0 Å². The lowest BCUT2D eigenvalue weighted by atomic mass is 9.81. The number of carbonyl (C=O) groups excluding carboxylic acids is 3. The minimum atomic E-state index is -0.487. The summed E-state index contributed by atoms with van der Waals surface area (Å²) in [5.41, 5.74) is 2.62. The largest absolute Gasteiger partial charge is 0.353 e. The Hall–Kier alpha value is -3.36. The lowest BCUT2D eigenvalue weighted by Crippen LogP contribution is -2.45. The minimum Gasteiger partial charge on any atom is -0.353 e. The van der Waals surface area contributed by atoms with E-state index in [0.29, 0.717) is 30.8 Å². The van der Waals surface area contributed by atoms with Gasteiger partial charge < -0.3 is 16.0 Å². The van der Waals surface area contributed by atoms with Crippen LogP contribution in [0.3, 0.4) is 0 Å². The van der Waals surface area contributed by atoms with Crippen LogP contribution in [-0.4, -0.2) is 40.1 Å². The van der Waals surface area contributed by atoms with Gasteiger partial charge in [0.25, 0.3) is 11.8 Å². The molecule has 10 heteroatoms. The molecule has 1 saturated carbocycles. The van der Waals surface area contributed by atoms with Crippen molar-refractivity contribution in [2.24, 2.45) is 12.5 Å². The minimum absolute atomic E-state index is 0.0443. The molecule has 1 aromatic heterocycles. The van der Waals surface area contributed by atoms with E-state index in [1.807, 2.05) is 37.3 Å². The molecular formula is C33H41Cl2N5O3. The topological polar surface area (TPSA) is 105 Å². The average molecular weight is 627 g/mol. The van der Waals surface area contributed by atoms with Gasteiger partial charge in [-0.2, -0.15) is 5.10 Å². The van der Waals surface area contributed by atoms with Crippen LogP contribution in [0.25, 0.3) is 0 Å². The molecule has 1 atom stereocenters. The first-order chi connectivity index (χ1) is 20.3. The molecule has 8 nitrogen and oxygen atoms in total. The number of benzene rings is 2. The van der Waals surface area contributed by atoms with Gasteiger partial charge in [0.1, 0.15) is 5.69 Å². The van der Waals surface area contributed by atoms with Gasteiger partial charge in [0.2, 0.25) is 5.91 Å². The van der Waals surface area contributed by atoms with E-state index in [2.05, 4.69) is 41.8 Å². The summed E-state index contributed by atoms with van der Waals surface area (Å²) in [5.74, 6) is -0.512. The molecule has 1 unspecified atom stereocenters. The van der Waals surface area contributed by atoms with Gasteiger partial charge in [-0.15, -0.1) is 0 Å². The summed E-state index contributed by atoms with van der Waals surface area (Å²) in [5, 5.41) is 14.1. The molecule has 3 aromatic rings. The van der Waals surface area contributed by atoms with Gasteiger partial charge in [0.05, 0.1) is 26.7 Å². The molecule has 1 heterocycles. The predicted molar refractivity (Wildman–Crippen MR) is 172 cm³/mol. The van der Waals surface area contributed by atoms with E-state index in [1.54, 1.807) is 29.9 Å². The SMILES string of the molecule is CC(Cc1ccc(NC(=O)c2c(Cl)cccc2Cl)cc1)NC(=O)C1(CCNC(=O)c2cc(C(C)(C)C)nn2C)CCCC1. The molecule has 1 aliphatic carbocycles. The summed E-state index contributed by atoms with van der Waals surface area (Å²) in [7, 11) is 1.78. The third-order valence-electron chi connectivity index (χ3n) is 8.13. The summed E-state index contributed by atoms with van der Waals surface area (Å²) >= 11 is 12.3. The van der Waals surface area contributed by atoms with Crippen molar-refractivity contribution in [1.82, 2.24) is 20.4 Å². The molecule has 1 aliphatic rings. The van der Waals surface area contributed by atoms with E-state index in [4.69, 9.17) is 23.2 Å². The zero-order chi connectivity index (χ0) is 31.4. The molecule has 0 radical (unpaired) electrons. The Labute approximate surface area is 263 Å². The van der Waals surface area contributed by atoms with Gasteiger partial charge in [-0.25, -0.2) is 0 Å². The monoisotopic (exact) mass is 625 g/mol. The second-order valence-electron chi connectivity index (χ2n) is 12.6. The average Bonchev–Trinajstić information content (AvgIpc) is 3.57. The van der Waals surface area contributed by atoms with Crippen LogP contribution in [0, 0.1) is 5.41 Å². The molecule has 43 heavy (non-hydrogen) atoms. The summed E-state index contributed by atoms with van der Waals surface area (Å²) in [6.45, 7) is 8.61. The second kappa shape index (κ2) is 13.5. The molecule has 1 fully saturated rings. The van der Waals surface area contributed by atoms with Gasteiger partial charge >= 0.3 is 0 Å². The van der Waals surface area contributed by atoms with Gasteiger partial charge in [-0.3, -0.25) is 19.1 Å². The summed E-state index contributed by atoms with van der Waals surface area (Å²) in [6, 6.07) is 14.2. The van der Waals surface area contributed by atoms with Crippen LogP contribution in [0.5, 0.6) is 0 Å². The van der Waals surface area contributed by atoms with Crippen molar-refractivity contribution in [3.8, 4) is 0 Å². The van der Waals surface area contributed by atoms with Crippen molar-refractivity contribution >= 4 is 46.6 Å². The van der Waals surface area contributed by atoms with E-state index < -0.39 is 5.41 Å². The quantitative estimate of drug-likeness (QED) is 0.233. The van der Waals surface area contributed by atoms with Crippen LogP contribution in [0.2, 0.25) is 10.0 Å². The highest BCUT2D eigenvalue weighted by atomic mass is 35.5. The maximum atomic E-state index is 13.5. The molecule has 0 aliphatic heterocycles. The highest BCUT2D eigenvalue weighted by Crippen LogP contribution is 2.41. The number of anilines is 1. The molecular weight excluding hydrogens is 585 g/mol. The van der Waals surface area contributed by atoms with E-state index in [1.165, 1.54) is 0 Å². The number of hydrogen-bond donors (Lipinski definition) is 3. The molecule has 0 saturated heterocycles. The van der Waals surface area contributed by atoms with E-state index >= 15 is 0 Å². The standard InChI is InChI=1S/C33H41Cl2N5O3/c1-21(19-22-11-13-23(14-12-22)38-30(42)28-24(34)9-8-10-25(28)35)37-31(43)33(15-6-7-16-33)17-18-36-29(41)26-20-27(32(2,3)4)39-40(26)5/h8-14,20-21H,6-7,15-19H2,1-5H3,(H,36,41)(H,37,43)(H,38,42). The van der Waals surface area contributed by atoms with Crippen LogP contribution in [0.15, 0.2) is 48.5 Å². The van der Waals surface area contributed by atoms with E-state index in [0.717, 1.165) is 36.9 Å². The van der Waals surface area contributed by atoms with Crippen molar-refractivity contribution < 1.29 is 14.4 Å².